The highest BCUT2D eigenvalue weighted by molar-refractivity contribution is 5.93. The van der Waals surface area contributed by atoms with Crippen molar-refractivity contribution in [3.63, 3.8) is 0 Å². The normalized spacial score (nSPS) is 10.3. The molecule has 0 aliphatic rings. The molecule has 0 fully saturated rings. The fourth-order valence-electron chi connectivity index (χ4n) is 1.28. The standard InChI is InChI=1S/C9H12N6O/c1-15-8(10)6(5-14-15)2-11-9(16)7-3-12-13-4-7/h3-5H,2,10H2,1H3,(H,11,16)(H,12,13). The number of hydrogen-bond donors (Lipinski definition) is 3. The number of carbonyl (C=O) groups is 1. The summed E-state index contributed by atoms with van der Waals surface area (Å²) in [6, 6.07) is 0. The van der Waals surface area contributed by atoms with Crippen molar-refractivity contribution in [2.75, 3.05) is 5.73 Å². The number of aromatic amines is 1. The Morgan fingerprint density at radius 2 is 2.44 bits per heavy atom. The van der Waals surface area contributed by atoms with Gasteiger partial charge in [0.2, 0.25) is 0 Å². The van der Waals surface area contributed by atoms with Crippen molar-refractivity contribution < 1.29 is 4.79 Å². The molecule has 16 heavy (non-hydrogen) atoms. The quantitative estimate of drug-likeness (QED) is 0.658. The number of H-pyrrole nitrogens is 1. The van der Waals surface area contributed by atoms with E-state index >= 15 is 0 Å². The number of nitrogens with two attached hydrogens (primary N) is 1. The number of nitrogens with one attached hydrogen (secondary N) is 2. The molecule has 0 bridgehead atoms. The second kappa shape index (κ2) is 4.05. The predicted molar refractivity (Wildman–Crippen MR) is 57.4 cm³/mol. The van der Waals surface area contributed by atoms with Crippen molar-refractivity contribution >= 4 is 11.7 Å². The molecule has 0 unspecified atom stereocenters. The second-order valence-corrected chi connectivity index (χ2v) is 3.35. The third kappa shape index (κ3) is 1.88. The third-order valence-electron chi connectivity index (χ3n) is 2.26. The number of carbonyl (C=O) groups excluding carboxylic acids is 1. The van der Waals surface area contributed by atoms with Crippen LogP contribution in [0.5, 0.6) is 0 Å². The molecule has 0 radical (unpaired) electrons. The molecule has 7 nitrogen and oxygen atoms in total. The molecule has 0 saturated carbocycles. The zero-order valence-electron chi connectivity index (χ0n) is 8.77. The Kier molecular flexibility index (Phi) is 2.59. The Bertz CT molecular complexity index is 486. The summed E-state index contributed by atoms with van der Waals surface area (Å²) in [6.45, 7) is 0.351. The number of hydrogen-bond acceptors (Lipinski definition) is 4. The van der Waals surface area contributed by atoms with E-state index in [1.54, 1.807) is 17.9 Å². The van der Waals surface area contributed by atoms with Gasteiger partial charge in [0.15, 0.2) is 0 Å². The minimum Gasteiger partial charge on any atom is -0.384 e. The largest absolute Gasteiger partial charge is 0.384 e. The fraction of sp³-hybridized carbons (Fsp3) is 0.222. The van der Waals surface area contributed by atoms with Crippen LogP contribution < -0.4 is 11.1 Å². The topological polar surface area (TPSA) is 102 Å². The Labute approximate surface area is 91.6 Å². The maximum Gasteiger partial charge on any atom is 0.254 e. The first kappa shape index (κ1) is 10.2. The van der Waals surface area contributed by atoms with Gasteiger partial charge in [0.05, 0.1) is 18.0 Å². The summed E-state index contributed by atoms with van der Waals surface area (Å²) in [5, 5.41) is 13.0. The van der Waals surface area contributed by atoms with E-state index in [0.29, 0.717) is 17.9 Å². The highest BCUT2D eigenvalue weighted by Gasteiger charge is 2.08. The summed E-state index contributed by atoms with van der Waals surface area (Å²) in [5.41, 5.74) is 7.02. The van der Waals surface area contributed by atoms with Crippen LogP contribution in [0, 0.1) is 0 Å². The van der Waals surface area contributed by atoms with Crippen LogP contribution in [0.2, 0.25) is 0 Å². The van der Waals surface area contributed by atoms with Crippen LogP contribution in [0.4, 0.5) is 5.82 Å². The first-order valence-corrected chi connectivity index (χ1v) is 4.72. The van der Waals surface area contributed by atoms with Crippen LogP contribution in [0.25, 0.3) is 0 Å². The number of amides is 1. The second-order valence-electron chi connectivity index (χ2n) is 3.35. The van der Waals surface area contributed by atoms with Crippen molar-refractivity contribution in [2.45, 2.75) is 6.54 Å². The first-order chi connectivity index (χ1) is 7.68. The van der Waals surface area contributed by atoms with Gasteiger partial charge in [-0.25, -0.2) is 0 Å². The Morgan fingerprint density at radius 3 is 3.00 bits per heavy atom. The lowest BCUT2D eigenvalue weighted by atomic mass is 10.3. The van der Waals surface area contributed by atoms with E-state index in [1.165, 1.54) is 12.4 Å². The van der Waals surface area contributed by atoms with Crippen molar-refractivity contribution in [2.24, 2.45) is 7.05 Å². The van der Waals surface area contributed by atoms with Gasteiger partial charge >= 0.3 is 0 Å². The summed E-state index contributed by atoms with van der Waals surface area (Å²) in [5.74, 6) is 0.351. The number of aryl methyl sites for hydroxylation is 1. The predicted octanol–water partition coefficient (Wildman–Crippen LogP) is -0.345. The molecule has 2 heterocycles. The van der Waals surface area contributed by atoms with Gasteiger partial charge in [0.25, 0.3) is 5.91 Å². The van der Waals surface area contributed by atoms with Crippen molar-refractivity contribution in [3.05, 3.63) is 29.7 Å². The highest BCUT2D eigenvalue weighted by atomic mass is 16.1. The van der Waals surface area contributed by atoms with E-state index < -0.39 is 0 Å². The zero-order valence-corrected chi connectivity index (χ0v) is 8.77. The Balaban J connectivity index is 1.98. The molecule has 0 aliphatic carbocycles. The summed E-state index contributed by atoms with van der Waals surface area (Å²) in [4.78, 5) is 11.6. The lowest BCUT2D eigenvalue weighted by Crippen LogP contribution is -2.22. The molecule has 4 N–H and O–H groups in total. The van der Waals surface area contributed by atoms with Gasteiger partial charge in [-0.3, -0.25) is 14.6 Å². The van der Waals surface area contributed by atoms with Gasteiger partial charge in [0, 0.05) is 25.4 Å². The molecular weight excluding hydrogens is 208 g/mol. The first-order valence-electron chi connectivity index (χ1n) is 4.72. The molecular formula is C9H12N6O. The van der Waals surface area contributed by atoms with E-state index in [0.717, 1.165) is 5.56 Å². The molecule has 2 aromatic heterocycles. The summed E-state index contributed by atoms with van der Waals surface area (Å²) in [7, 11) is 1.75. The zero-order chi connectivity index (χ0) is 11.5. The fourth-order valence-corrected chi connectivity index (χ4v) is 1.28. The minimum absolute atomic E-state index is 0.197. The van der Waals surface area contributed by atoms with Crippen LogP contribution in [0.3, 0.4) is 0 Å². The number of aromatic nitrogens is 4. The molecule has 2 rings (SSSR count). The number of rotatable bonds is 3. The smallest absolute Gasteiger partial charge is 0.254 e. The molecule has 0 aromatic carbocycles. The summed E-state index contributed by atoms with van der Waals surface area (Å²) in [6.07, 6.45) is 4.62. The SMILES string of the molecule is Cn1ncc(CNC(=O)c2cn[nH]c2)c1N. The van der Waals surface area contributed by atoms with E-state index in [2.05, 4.69) is 20.6 Å². The molecule has 0 spiro atoms. The van der Waals surface area contributed by atoms with E-state index in [-0.39, 0.29) is 5.91 Å². The number of anilines is 1. The van der Waals surface area contributed by atoms with Gasteiger partial charge in [-0.05, 0) is 0 Å². The van der Waals surface area contributed by atoms with E-state index in [1.807, 2.05) is 0 Å². The van der Waals surface area contributed by atoms with Gasteiger partial charge in [-0.1, -0.05) is 0 Å². The van der Waals surface area contributed by atoms with Crippen LogP contribution in [0.15, 0.2) is 18.6 Å². The average molecular weight is 220 g/mol. The van der Waals surface area contributed by atoms with Crippen molar-refractivity contribution in [3.8, 4) is 0 Å². The van der Waals surface area contributed by atoms with Crippen molar-refractivity contribution in [1.82, 2.24) is 25.3 Å². The molecule has 0 aliphatic heterocycles. The van der Waals surface area contributed by atoms with Crippen LogP contribution in [-0.4, -0.2) is 25.9 Å². The minimum atomic E-state index is -0.197. The van der Waals surface area contributed by atoms with Crippen LogP contribution >= 0.6 is 0 Å². The molecule has 2 aromatic rings. The van der Waals surface area contributed by atoms with Gasteiger partial charge in [-0.15, -0.1) is 0 Å². The molecule has 7 heteroatoms. The van der Waals surface area contributed by atoms with Crippen molar-refractivity contribution in [1.29, 1.82) is 0 Å². The lowest BCUT2D eigenvalue weighted by Gasteiger charge is -2.02. The van der Waals surface area contributed by atoms with E-state index in [4.69, 9.17) is 5.73 Å². The van der Waals surface area contributed by atoms with Gasteiger partial charge < -0.3 is 11.1 Å². The lowest BCUT2D eigenvalue weighted by molar-refractivity contribution is 0.0951. The van der Waals surface area contributed by atoms with E-state index in [9.17, 15) is 4.79 Å². The summed E-state index contributed by atoms with van der Waals surface area (Å²) < 4.78 is 1.55. The average Bonchev–Trinajstić information content (AvgIpc) is 2.89. The molecule has 1 amide bonds. The van der Waals surface area contributed by atoms with Crippen LogP contribution in [-0.2, 0) is 13.6 Å². The molecule has 0 atom stereocenters. The number of nitrogens with zero attached hydrogens (tertiary/aromatic N) is 3. The Hall–Kier alpha value is -2.31. The maximum atomic E-state index is 11.6. The summed E-state index contributed by atoms with van der Waals surface area (Å²) >= 11 is 0. The maximum absolute atomic E-state index is 11.6. The van der Waals surface area contributed by atoms with Gasteiger partial charge in [0.1, 0.15) is 5.82 Å². The van der Waals surface area contributed by atoms with Gasteiger partial charge in [-0.2, -0.15) is 10.2 Å². The Morgan fingerprint density at radius 1 is 1.62 bits per heavy atom. The number of nitrogen functional groups attached to an aromatic ring is 1. The molecule has 84 valence electrons. The highest BCUT2D eigenvalue weighted by Crippen LogP contribution is 2.08. The monoisotopic (exact) mass is 220 g/mol. The van der Waals surface area contributed by atoms with Crippen LogP contribution in [0.1, 0.15) is 15.9 Å². The third-order valence-corrected chi connectivity index (χ3v) is 2.26. The molecule has 0 saturated heterocycles.